The Morgan fingerprint density at radius 2 is 1.64 bits per heavy atom. The molecule has 2 N–H and O–H groups in total. The number of imide groups is 1. The van der Waals surface area contributed by atoms with E-state index in [1.807, 2.05) is 49.4 Å². The summed E-state index contributed by atoms with van der Waals surface area (Å²) in [5.41, 5.74) is 3.66. The first-order chi connectivity index (χ1) is 21.3. The minimum Gasteiger partial charge on any atom is -0.493 e. The van der Waals surface area contributed by atoms with Crippen molar-refractivity contribution < 1.29 is 33.4 Å². The van der Waals surface area contributed by atoms with Gasteiger partial charge in [-0.25, -0.2) is 0 Å². The summed E-state index contributed by atoms with van der Waals surface area (Å²) < 4.78 is 16.5. The monoisotopic (exact) mass is 616 g/mol. The van der Waals surface area contributed by atoms with E-state index in [1.165, 1.54) is 7.11 Å². The third kappa shape index (κ3) is 7.39. The van der Waals surface area contributed by atoms with Crippen LogP contribution in [0.5, 0.6) is 11.5 Å². The van der Waals surface area contributed by atoms with Gasteiger partial charge in [0.2, 0.25) is 5.91 Å². The lowest BCUT2D eigenvalue weighted by Crippen LogP contribution is -2.38. The van der Waals surface area contributed by atoms with Crippen LogP contribution >= 0.6 is 11.8 Å². The Labute approximate surface area is 259 Å². The molecular formula is C32H32N4O7S. The predicted octanol–water partition coefficient (Wildman–Crippen LogP) is 4.53. The minimum atomic E-state index is -0.566. The number of nitrogens with zero attached hydrogens (tertiary/aromatic N) is 2. The van der Waals surface area contributed by atoms with E-state index in [-0.39, 0.29) is 17.4 Å². The van der Waals surface area contributed by atoms with E-state index >= 15 is 0 Å². The third-order valence-electron chi connectivity index (χ3n) is 6.97. The molecule has 0 atom stereocenters. The highest BCUT2D eigenvalue weighted by Gasteiger charge is 2.36. The van der Waals surface area contributed by atoms with Crippen LogP contribution in [0.4, 0.5) is 21.9 Å². The van der Waals surface area contributed by atoms with Crippen LogP contribution < -0.4 is 25.0 Å². The molecule has 44 heavy (non-hydrogen) atoms. The number of hydrogen-bond acceptors (Lipinski definition) is 9. The van der Waals surface area contributed by atoms with Crippen LogP contribution in [0.3, 0.4) is 0 Å². The Kier molecular flexibility index (Phi) is 9.82. The average molecular weight is 617 g/mol. The van der Waals surface area contributed by atoms with Crippen molar-refractivity contribution in [2.75, 3.05) is 62.1 Å². The summed E-state index contributed by atoms with van der Waals surface area (Å²) in [5.74, 6) is -0.688. The normalized spacial score (nSPS) is 15.8. The molecule has 3 aromatic rings. The number of anilines is 3. The fourth-order valence-corrected chi connectivity index (χ4v) is 5.55. The van der Waals surface area contributed by atoms with E-state index in [1.54, 1.807) is 30.3 Å². The largest absolute Gasteiger partial charge is 0.493 e. The maximum absolute atomic E-state index is 13.1. The first-order valence-corrected chi connectivity index (χ1v) is 14.8. The van der Waals surface area contributed by atoms with Crippen LogP contribution in [0.25, 0.3) is 6.08 Å². The second-order valence-corrected chi connectivity index (χ2v) is 11.0. The number of nitrogens with one attached hydrogen (secondary N) is 2. The second-order valence-electron chi connectivity index (χ2n) is 9.99. The van der Waals surface area contributed by atoms with Gasteiger partial charge in [-0.2, -0.15) is 0 Å². The zero-order valence-corrected chi connectivity index (χ0v) is 25.1. The molecule has 0 bridgehead atoms. The molecule has 12 heteroatoms. The van der Waals surface area contributed by atoms with E-state index in [2.05, 4.69) is 15.5 Å². The van der Waals surface area contributed by atoms with Crippen molar-refractivity contribution in [3.8, 4) is 11.5 Å². The second kappa shape index (κ2) is 14.1. The molecule has 5 rings (SSSR count). The van der Waals surface area contributed by atoms with E-state index in [0.29, 0.717) is 54.7 Å². The average Bonchev–Trinajstić information content (AvgIpc) is 3.29. The molecule has 0 spiro atoms. The van der Waals surface area contributed by atoms with Gasteiger partial charge in [0, 0.05) is 18.8 Å². The number of carbonyl (C=O) groups excluding carboxylic acids is 4. The molecule has 0 radical (unpaired) electrons. The van der Waals surface area contributed by atoms with Crippen molar-refractivity contribution >= 4 is 57.9 Å². The lowest BCUT2D eigenvalue weighted by Gasteiger charge is -2.30. The van der Waals surface area contributed by atoms with E-state index in [4.69, 9.17) is 14.2 Å². The number of thioether (sulfide) groups is 1. The maximum atomic E-state index is 13.1. The van der Waals surface area contributed by atoms with Gasteiger partial charge in [0.05, 0.1) is 36.6 Å². The molecule has 2 heterocycles. The Morgan fingerprint density at radius 1 is 0.932 bits per heavy atom. The van der Waals surface area contributed by atoms with Crippen LogP contribution in [0.15, 0.2) is 71.6 Å². The van der Waals surface area contributed by atoms with Gasteiger partial charge in [-0.15, -0.1) is 0 Å². The smallest absolute Gasteiger partial charge is 0.294 e. The summed E-state index contributed by atoms with van der Waals surface area (Å²) in [7, 11) is 1.46. The molecule has 2 aliphatic heterocycles. The highest BCUT2D eigenvalue weighted by atomic mass is 32.2. The Balaban J connectivity index is 1.20. The van der Waals surface area contributed by atoms with Gasteiger partial charge in [-0.3, -0.25) is 24.1 Å². The molecule has 2 fully saturated rings. The van der Waals surface area contributed by atoms with Crippen molar-refractivity contribution in [2.24, 2.45) is 0 Å². The summed E-state index contributed by atoms with van der Waals surface area (Å²) >= 11 is 0.756. The van der Waals surface area contributed by atoms with Crippen LogP contribution in [-0.4, -0.2) is 74.4 Å². The van der Waals surface area contributed by atoms with Crippen molar-refractivity contribution in [2.45, 2.75) is 6.92 Å². The molecule has 2 saturated heterocycles. The van der Waals surface area contributed by atoms with Crippen LogP contribution in [0.2, 0.25) is 0 Å². The van der Waals surface area contributed by atoms with Gasteiger partial charge >= 0.3 is 0 Å². The van der Waals surface area contributed by atoms with Crippen molar-refractivity contribution in [3.05, 3.63) is 82.8 Å². The first-order valence-electron chi connectivity index (χ1n) is 14.0. The van der Waals surface area contributed by atoms with E-state index < -0.39 is 23.6 Å². The van der Waals surface area contributed by atoms with Crippen molar-refractivity contribution in [3.63, 3.8) is 0 Å². The quantitative estimate of drug-likeness (QED) is 0.316. The molecular weight excluding hydrogens is 584 g/mol. The molecule has 0 unspecified atom stereocenters. The number of aryl methyl sites for hydroxylation is 1. The molecule has 228 valence electrons. The minimum absolute atomic E-state index is 0.171. The summed E-state index contributed by atoms with van der Waals surface area (Å²) in [4.78, 5) is 54.4. The third-order valence-corrected chi connectivity index (χ3v) is 7.88. The SMILES string of the molecule is COc1cc(/C=C2\SC(=O)N(CC(=O)Nc3ccccc3N3CCOCC3)C2=O)ccc1OCC(=O)Nc1ccccc1C. The van der Waals surface area contributed by atoms with Gasteiger partial charge < -0.3 is 29.7 Å². The number of morpholine rings is 1. The standard InChI is InChI=1S/C32H32N4O7S/c1-21-7-3-4-8-23(21)33-30(38)20-43-26-12-11-22(17-27(26)41-2)18-28-31(39)36(32(40)44-28)19-29(37)34-24-9-5-6-10-25(24)35-13-15-42-16-14-35/h3-12,17-18H,13-16,19-20H2,1-2H3,(H,33,38)(H,34,37)/b28-18-. The molecule has 0 aliphatic carbocycles. The fourth-order valence-electron chi connectivity index (χ4n) is 4.72. The predicted molar refractivity (Wildman–Crippen MR) is 169 cm³/mol. The van der Waals surface area contributed by atoms with Crippen molar-refractivity contribution in [1.82, 2.24) is 4.90 Å². The number of rotatable bonds is 10. The van der Waals surface area contributed by atoms with Crippen molar-refractivity contribution in [1.29, 1.82) is 0 Å². The van der Waals surface area contributed by atoms with Gasteiger partial charge in [-0.05, 0) is 66.2 Å². The van der Waals surface area contributed by atoms with E-state index in [9.17, 15) is 19.2 Å². The molecule has 11 nitrogen and oxygen atoms in total. The summed E-state index contributed by atoms with van der Waals surface area (Å²) in [6.07, 6.45) is 1.55. The highest BCUT2D eigenvalue weighted by Crippen LogP contribution is 2.35. The number of para-hydroxylation sites is 3. The Morgan fingerprint density at radius 3 is 2.39 bits per heavy atom. The molecule has 2 aliphatic rings. The van der Waals surface area contributed by atoms with Crippen LogP contribution in [0.1, 0.15) is 11.1 Å². The fraction of sp³-hybridized carbons (Fsp3) is 0.250. The molecule has 4 amide bonds. The van der Waals surface area contributed by atoms with Crippen LogP contribution in [0, 0.1) is 6.92 Å². The lowest BCUT2D eigenvalue weighted by molar-refractivity contribution is -0.127. The summed E-state index contributed by atoms with van der Waals surface area (Å²) in [5, 5.41) is 5.11. The van der Waals surface area contributed by atoms with Gasteiger partial charge in [0.15, 0.2) is 18.1 Å². The van der Waals surface area contributed by atoms with Gasteiger partial charge in [0.25, 0.3) is 17.1 Å². The van der Waals surface area contributed by atoms with Gasteiger partial charge in [0.1, 0.15) is 6.54 Å². The maximum Gasteiger partial charge on any atom is 0.294 e. The Hall–Kier alpha value is -4.81. The number of hydrogen-bond donors (Lipinski definition) is 2. The van der Waals surface area contributed by atoms with Gasteiger partial charge in [-0.1, -0.05) is 36.4 Å². The lowest BCUT2D eigenvalue weighted by atomic mass is 10.2. The first kappa shape index (κ1) is 30.6. The topological polar surface area (TPSA) is 127 Å². The number of carbonyl (C=O) groups is 4. The molecule has 3 aromatic carbocycles. The number of benzene rings is 3. The summed E-state index contributed by atoms with van der Waals surface area (Å²) in [6, 6.07) is 19.8. The molecule has 0 saturated carbocycles. The number of methoxy groups -OCH3 is 1. The Bertz CT molecular complexity index is 1600. The van der Waals surface area contributed by atoms with E-state index in [0.717, 1.165) is 27.9 Å². The number of ether oxygens (including phenoxy) is 3. The summed E-state index contributed by atoms with van der Waals surface area (Å²) in [6.45, 7) is 3.83. The highest BCUT2D eigenvalue weighted by molar-refractivity contribution is 8.18. The van der Waals surface area contributed by atoms with Crippen LogP contribution in [-0.2, 0) is 19.1 Å². The number of amides is 4. The zero-order chi connectivity index (χ0) is 31.1. The molecule has 0 aromatic heterocycles. The zero-order valence-electron chi connectivity index (χ0n) is 24.3.